The van der Waals surface area contributed by atoms with Crippen LogP contribution >= 0.6 is 0 Å². The molecule has 2 heterocycles. The average Bonchev–Trinajstić information content (AvgIpc) is 2.30. The first-order valence-corrected chi connectivity index (χ1v) is 4.57. The van der Waals surface area contributed by atoms with Gasteiger partial charge in [0.2, 0.25) is 0 Å². The van der Waals surface area contributed by atoms with Crippen LogP contribution in [0, 0.1) is 10.1 Å². The van der Waals surface area contributed by atoms with Crippen LogP contribution < -0.4 is 0 Å². The molecule has 0 bridgehead atoms. The molecular formula is C10H9N3O2. The molecule has 1 aliphatic rings. The number of rotatable bonds is 2. The lowest BCUT2D eigenvalue weighted by atomic mass is 10.0. The number of nitrogens with zero attached hydrogens (tertiary/aromatic N) is 3. The third-order valence-corrected chi connectivity index (χ3v) is 2.23. The molecule has 0 aliphatic carbocycles. The van der Waals surface area contributed by atoms with Gasteiger partial charge in [-0.3, -0.25) is 20.1 Å². The Morgan fingerprint density at radius 1 is 1.47 bits per heavy atom. The van der Waals surface area contributed by atoms with Gasteiger partial charge in [-0.1, -0.05) is 0 Å². The van der Waals surface area contributed by atoms with Crippen LogP contribution in [0.4, 0.5) is 5.69 Å². The van der Waals surface area contributed by atoms with Gasteiger partial charge in [-0.25, -0.2) is 0 Å². The largest absolute Gasteiger partial charge is 0.294 e. The number of pyridine rings is 1. The van der Waals surface area contributed by atoms with Crippen molar-refractivity contribution < 1.29 is 4.92 Å². The van der Waals surface area contributed by atoms with E-state index in [1.807, 2.05) is 6.08 Å². The van der Waals surface area contributed by atoms with Crippen LogP contribution in [0.1, 0.15) is 12.0 Å². The monoisotopic (exact) mass is 203 g/mol. The average molecular weight is 203 g/mol. The Hall–Kier alpha value is -2.04. The number of aliphatic imine (C=N–C) groups is 1. The normalized spacial score (nSPS) is 14.8. The summed E-state index contributed by atoms with van der Waals surface area (Å²) in [5, 5.41) is 10.8. The van der Waals surface area contributed by atoms with Crippen molar-refractivity contribution in [2.24, 2.45) is 4.99 Å². The summed E-state index contributed by atoms with van der Waals surface area (Å²) in [5.74, 6) is 0. The SMILES string of the molecule is O=[N+]([O-])c1cnccc1C1=CC=NCC1. The molecule has 15 heavy (non-hydrogen) atoms. The first-order chi connectivity index (χ1) is 7.29. The fraction of sp³-hybridized carbons (Fsp3) is 0.200. The second-order valence-electron chi connectivity index (χ2n) is 3.15. The number of dihydropyridines is 1. The summed E-state index contributed by atoms with van der Waals surface area (Å²) in [5.41, 5.74) is 1.64. The van der Waals surface area contributed by atoms with E-state index in [2.05, 4.69) is 9.98 Å². The Morgan fingerprint density at radius 3 is 3.00 bits per heavy atom. The van der Waals surface area contributed by atoms with Crippen LogP contribution in [0.3, 0.4) is 0 Å². The number of allylic oxidation sites excluding steroid dienone is 1. The maximum atomic E-state index is 10.8. The van der Waals surface area contributed by atoms with Crippen LogP contribution in [0.25, 0.3) is 5.57 Å². The van der Waals surface area contributed by atoms with Crippen molar-refractivity contribution in [3.63, 3.8) is 0 Å². The number of aromatic nitrogens is 1. The molecule has 1 aromatic rings. The highest BCUT2D eigenvalue weighted by atomic mass is 16.6. The molecule has 0 N–H and O–H groups in total. The summed E-state index contributed by atoms with van der Waals surface area (Å²) in [6.45, 7) is 0.686. The predicted octanol–water partition coefficient (Wildman–Crippen LogP) is 1.85. The van der Waals surface area contributed by atoms with E-state index in [4.69, 9.17) is 0 Å². The Labute approximate surface area is 86.3 Å². The van der Waals surface area contributed by atoms with Gasteiger partial charge in [0.15, 0.2) is 0 Å². The fourth-order valence-corrected chi connectivity index (χ4v) is 1.51. The molecule has 0 radical (unpaired) electrons. The van der Waals surface area contributed by atoms with E-state index >= 15 is 0 Å². The molecule has 5 heteroatoms. The molecule has 1 aliphatic heterocycles. The number of hydrogen-bond acceptors (Lipinski definition) is 4. The lowest BCUT2D eigenvalue weighted by molar-refractivity contribution is -0.385. The zero-order valence-corrected chi connectivity index (χ0v) is 7.96. The van der Waals surface area contributed by atoms with Crippen molar-refractivity contribution in [1.29, 1.82) is 0 Å². The molecule has 76 valence electrons. The van der Waals surface area contributed by atoms with E-state index < -0.39 is 4.92 Å². The summed E-state index contributed by atoms with van der Waals surface area (Å²) in [6, 6.07) is 1.67. The Balaban J connectivity index is 2.47. The van der Waals surface area contributed by atoms with Gasteiger partial charge in [0.25, 0.3) is 5.69 Å². The Morgan fingerprint density at radius 2 is 2.33 bits per heavy atom. The molecule has 0 amide bonds. The summed E-state index contributed by atoms with van der Waals surface area (Å²) >= 11 is 0. The maximum Gasteiger partial charge on any atom is 0.294 e. The second-order valence-corrected chi connectivity index (χ2v) is 3.15. The molecule has 1 aromatic heterocycles. The van der Waals surface area contributed by atoms with Gasteiger partial charge < -0.3 is 0 Å². The molecule has 0 aromatic carbocycles. The third kappa shape index (κ3) is 1.90. The molecule has 0 atom stereocenters. The van der Waals surface area contributed by atoms with E-state index in [0.717, 1.165) is 12.0 Å². The smallest absolute Gasteiger partial charge is 0.293 e. The Bertz CT molecular complexity index is 452. The van der Waals surface area contributed by atoms with Gasteiger partial charge >= 0.3 is 0 Å². The summed E-state index contributed by atoms with van der Waals surface area (Å²) in [6.07, 6.45) is 7.08. The molecule has 0 unspecified atom stereocenters. The first kappa shape index (κ1) is 9.51. The fourth-order valence-electron chi connectivity index (χ4n) is 1.51. The van der Waals surface area contributed by atoms with Gasteiger partial charge in [0.1, 0.15) is 6.20 Å². The van der Waals surface area contributed by atoms with Crippen LogP contribution in [0.2, 0.25) is 0 Å². The lowest BCUT2D eigenvalue weighted by Gasteiger charge is -2.08. The van der Waals surface area contributed by atoms with Crippen LogP contribution in [0.5, 0.6) is 0 Å². The minimum Gasteiger partial charge on any atom is -0.293 e. The minimum atomic E-state index is -0.408. The number of nitro groups is 1. The highest BCUT2D eigenvalue weighted by Crippen LogP contribution is 2.27. The minimum absolute atomic E-state index is 0.0547. The first-order valence-electron chi connectivity index (χ1n) is 4.57. The molecule has 0 fully saturated rings. The van der Waals surface area contributed by atoms with E-state index in [-0.39, 0.29) is 5.69 Å². The lowest BCUT2D eigenvalue weighted by Crippen LogP contribution is -1.99. The molecule has 0 saturated heterocycles. The molecule has 2 rings (SSSR count). The topological polar surface area (TPSA) is 68.4 Å². The molecule has 0 spiro atoms. The Kier molecular flexibility index (Phi) is 2.53. The van der Waals surface area contributed by atoms with Crippen LogP contribution in [-0.2, 0) is 0 Å². The maximum absolute atomic E-state index is 10.8. The van der Waals surface area contributed by atoms with Crippen molar-refractivity contribution in [2.45, 2.75) is 6.42 Å². The zero-order valence-electron chi connectivity index (χ0n) is 7.96. The van der Waals surface area contributed by atoms with Gasteiger partial charge in [-0.15, -0.1) is 0 Å². The summed E-state index contributed by atoms with van der Waals surface area (Å²) < 4.78 is 0. The van der Waals surface area contributed by atoms with Crippen molar-refractivity contribution in [3.8, 4) is 0 Å². The molecular weight excluding hydrogens is 194 g/mol. The number of hydrogen-bond donors (Lipinski definition) is 0. The van der Waals surface area contributed by atoms with Crippen molar-refractivity contribution >= 4 is 17.5 Å². The summed E-state index contributed by atoms with van der Waals surface area (Å²) in [7, 11) is 0. The standard InChI is InChI=1S/C10H9N3O2/c14-13(15)10-7-12-6-3-9(10)8-1-4-11-5-2-8/h1,3-4,6-7H,2,5H2. The van der Waals surface area contributed by atoms with E-state index in [9.17, 15) is 10.1 Å². The third-order valence-electron chi connectivity index (χ3n) is 2.23. The van der Waals surface area contributed by atoms with Gasteiger partial charge in [-0.05, 0) is 24.1 Å². The summed E-state index contributed by atoms with van der Waals surface area (Å²) in [4.78, 5) is 18.2. The quantitative estimate of drug-likeness (QED) is 0.544. The van der Waals surface area contributed by atoms with Gasteiger partial charge in [0.05, 0.1) is 10.5 Å². The van der Waals surface area contributed by atoms with E-state index in [1.54, 1.807) is 18.5 Å². The van der Waals surface area contributed by atoms with Crippen molar-refractivity contribution in [2.75, 3.05) is 6.54 Å². The highest BCUT2D eigenvalue weighted by Gasteiger charge is 2.16. The molecule has 0 saturated carbocycles. The van der Waals surface area contributed by atoms with E-state index in [1.165, 1.54) is 6.20 Å². The zero-order chi connectivity index (χ0) is 10.7. The van der Waals surface area contributed by atoms with Crippen molar-refractivity contribution in [3.05, 3.63) is 40.2 Å². The van der Waals surface area contributed by atoms with Crippen LogP contribution in [-0.4, -0.2) is 22.7 Å². The van der Waals surface area contributed by atoms with Crippen molar-refractivity contribution in [1.82, 2.24) is 4.98 Å². The second kappa shape index (κ2) is 4.00. The molecule has 5 nitrogen and oxygen atoms in total. The van der Waals surface area contributed by atoms with Crippen LogP contribution in [0.15, 0.2) is 29.5 Å². The van der Waals surface area contributed by atoms with E-state index in [0.29, 0.717) is 12.1 Å². The highest BCUT2D eigenvalue weighted by molar-refractivity contribution is 5.88. The van der Waals surface area contributed by atoms with Gasteiger partial charge in [0, 0.05) is 19.0 Å². The predicted molar refractivity (Wildman–Crippen MR) is 56.8 cm³/mol. The van der Waals surface area contributed by atoms with Gasteiger partial charge in [-0.2, -0.15) is 0 Å².